The van der Waals surface area contributed by atoms with Crippen molar-refractivity contribution in [2.45, 2.75) is 20.8 Å². The van der Waals surface area contributed by atoms with Crippen molar-refractivity contribution in [3.63, 3.8) is 0 Å². The Hall–Kier alpha value is -2.57. The SMILES string of the molecule is CN=C(N)NC(=O)Nc1c(C)ccc(OC(C)=O)c1C. The van der Waals surface area contributed by atoms with Gasteiger partial charge in [0.1, 0.15) is 5.75 Å². The normalized spacial score (nSPS) is 10.9. The molecule has 1 aromatic carbocycles. The summed E-state index contributed by atoms with van der Waals surface area (Å²) in [4.78, 5) is 26.4. The van der Waals surface area contributed by atoms with E-state index in [1.54, 1.807) is 19.1 Å². The number of aryl methyl sites for hydroxylation is 1. The second-order valence-corrected chi connectivity index (χ2v) is 4.16. The third-order valence-electron chi connectivity index (χ3n) is 2.60. The summed E-state index contributed by atoms with van der Waals surface area (Å²) < 4.78 is 5.07. The molecule has 2 amide bonds. The predicted molar refractivity (Wildman–Crippen MR) is 76.9 cm³/mol. The van der Waals surface area contributed by atoms with Gasteiger partial charge in [0, 0.05) is 19.5 Å². The minimum atomic E-state index is -0.515. The van der Waals surface area contributed by atoms with Crippen LogP contribution in [0.1, 0.15) is 18.1 Å². The molecule has 0 saturated heterocycles. The number of anilines is 1. The monoisotopic (exact) mass is 278 g/mol. The molecule has 4 N–H and O–H groups in total. The van der Waals surface area contributed by atoms with Crippen LogP contribution in [0.2, 0.25) is 0 Å². The topological polar surface area (TPSA) is 106 Å². The highest BCUT2D eigenvalue weighted by molar-refractivity contribution is 6.02. The van der Waals surface area contributed by atoms with Crippen LogP contribution in [-0.4, -0.2) is 25.0 Å². The number of rotatable bonds is 2. The smallest absolute Gasteiger partial charge is 0.326 e. The molecule has 0 aliphatic rings. The van der Waals surface area contributed by atoms with Gasteiger partial charge in [0.15, 0.2) is 5.96 Å². The van der Waals surface area contributed by atoms with E-state index in [9.17, 15) is 9.59 Å². The lowest BCUT2D eigenvalue weighted by Crippen LogP contribution is -2.39. The van der Waals surface area contributed by atoms with E-state index in [1.165, 1.54) is 14.0 Å². The summed E-state index contributed by atoms with van der Waals surface area (Å²) in [5.74, 6) is -0.0146. The van der Waals surface area contributed by atoms with E-state index in [1.807, 2.05) is 6.92 Å². The Labute approximate surface area is 117 Å². The number of amides is 2. The summed E-state index contributed by atoms with van der Waals surface area (Å²) in [5, 5.41) is 5.02. The molecule has 0 saturated carbocycles. The van der Waals surface area contributed by atoms with E-state index in [2.05, 4.69) is 15.6 Å². The summed E-state index contributed by atoms with van der Waals surface area (Å²) in [5.41, 5.74) is 7.46. The average molecular weight is 278 g/mol. The fourth-order valence-electron chi connectivity index (χ4n) is 1.60. The maximum Gasteiger partial charge on any atom is 0.326 e. The van der Waals surface area contributed by atoms with Gasteiger partial charge in [-0.05, 0) is 25.5 Å². The van der Waals surface area contributed by atoms with Crippen molar-refractivity contribution in [2.75, 3.05) is 12.4 Å². The largest absolute Gasteiger partial charge is 0.426 e. The molecule has 1 aromatic rings. The molecule has 7 nitrogen and oxygen atoms in total. The fraction of sp³-hybridized carbons (Fsp3) is 0.308. The Morgan fingerprint density at radius 3 is 2.50 bits per heavy atom. The van der Waals surface area contributed by atoms with E-state index in [4.69, 9.17) is 10.5 Å². The zero-order chi connectivity index (χ0) is 15.3. The van der Waals surface area contributed by atoms with E-state index >= 15 is 0 Å². The molecule has 0 spiro atoms. The molecule has 0 unspecified atom stereocenters. The van der Waals surface area contributed by atoms with Crippen LogP contribution in [0.3, 0.4) is 0 Å². The van der Waals surface area contributed by atoms with Gasteiger partial charge in [0.2, 0.25) is 0 Å². The molecular weight excluding hydrogens is 260 g/mol. The van der Waals surface area contributed by atoms with Crippen LogP contribution < -0.4 is 21.1 Å². The first-order valence-electron chi connectivity index (χ1n) is 5.94. The first kappa shape index (κ1) is 15.5. The van der Waals surface area contributed by atoms with Crippen LogP contribution in [0, 0.1) is 13.8 Å². The molecule has 0 bridgehead atoms. The fourth-order valence-corrected chi connectivity index (χ4v) is 1.60. The summed E-state index contributed by atoms with van der Waals surface area (Å²) in [6, 6.07) is 2.91. The van der Waals surface area contributed by atoms with Crippen LogP contribution in [0.5, 0.6) is 5.75 Å². The Kier molecular flexibility index (Phi) is 5.08. The second-order valence-electron chi connectivity index (χ2n) is 4.16. The molecule has 20 heavy (non-hydrogen) atoms. The van der Waals surface area contributed by atoms with Gasteiger partial charge in [0.05, 0.1) is 5.69 Å². The van der Waals surface area contributed by atoms with E-state index in [-0.39, 0.29) is 5.96 Å². The van der Waals surface area contributed by atoms with Crippen molar-refractivity contribution < 1.29 is 14.3 Å². The first-order chi connectivity index (χ1) is 9.35. The van der Waals surface area contributed by atoms with E-state index in [0.717, 1.165) is 5.56 Å². The number of hydrogen-bond acceptors (Lipinski definition) is 4. The molecule has 0 aliphatic heterocycles. The van der Waals surface area contributed by atoms with Crippen molar-refractivity contribution >= 4 is 23.6 Å². The molecule has 0 aliphatic carbocycles. The van der Waals surface area contributed by atoms with Gasteiger partial charge < -0.3 is 15.8 Å². The quantitative estimate of drug-likeness (QED) is 0.328. The summed E-state index contributed by atoms with van der Waals surface area (Å²) in [7, 11) is 1.47. The molecule has 0 heterocycles. The zero-order valence-electron chi connectivity index (χ0n) is 11.9. The van der Waals surface area contributed by atoms with Crippen LogP contribution >= 0.6 is 0 Å². The van der Waals surface area contributed by atoms with Gasteiger partial charge in [-0.25, -0.2) is 4.79 Å². The standard InChI is InChI=1S/C13H18N4O3/c1-7-5-6-10(20-9(3)18)8(2)11(7)16-13(19)17-12(14)15-4/h5-6H,1-4H3,(H4,14,15,16,17,19). The Bertz CT molecular complexity index is 567. The number of guanidine groups is 1. The molecule has 0 fully saturated rings. The van der Waals surface area contributed by atoms with Crippen molar-refractivity contribution in [3.05, 3.63) is 23.3 Å². The number of aliphatic imine (C=N–C) groups is 1. The maximum absolute atomic E-state index is 11.7. The number of nitrogens with two attached hydrogens (primary N) is 1. The highest BCUT2D eigenvalue weighted by Crippen LogP contribution is 2.29. The molecule has 0 radical (unpaired) electrons. The molecule has 108 valence electrons. The number of benzene rings is 1. The van der Waals surface area contributed by atoms with Crippen LogP contribution in [0.15, 0.2) is 17.1 Å². The number of nitrogens with one attached hydrogen (secondary N) is 2. The summed E-state index contributed by atoms with van der Waals surface area (Å²) in [6.07, 6.45) is 0. The highest BCUT2D eigenvalue weighted by atomic mass is 16.5. The van der Waals surface area contributed by atoms with Crippen LogP contribution in [0.4, 0.5) is 10.5 Å². The van der Waals surface area contributed by atoms with Gasteiger partial charge in [-0.2, -0.15) is 0 Å². The first-order valence-corrected chi connectivity index (χ1v) is 5.94. The van der Waals surface area contributed by atoms with Gasteiger partial charge in [0.25, 0.3) is 0 Å². The van der Waals surface area contributed by atoms with E-state index in [0.29, 0.717) is 17.0 Å². The number of urea groups is 1. The number of nitrogens with zero attached hydrogens (tertiary/aromatic N) is 1. The number of hydrogen-bond donors (Lipinski definition) is 3. The number of carbonyl (C=O) groups is 2. The van der Waals surface area contributed by atoms with E-state index < -0.39 is 12.0 Å². The Morgan fingerprint density at radius 2 is 1.95 bits per heavy atom. The van der Waals surface area contributed by atoms with Crippen molar-refractivity contribution in [1.29, 1.82) is 0 Å². The molecular formula is C13H18N4O3. The number of ether oxygens (including phenoxy) is 1. The highest BCUT2D eigenvalue weighted by Gasteiger charge is 2.13. The average Bonchev–Trinajstić information content (AvgIpc) is 2.37. The lowest BCUT2D eigenvalue weighted by Gasteiger charge is -2.15. The van der Waals surface area contributed by atoms with Crippen molar-refractivity contribution in [3.8, 4) is 5.75 Å². The minimum absolute atomic E-state index is 0.00828. The maximum atomic E-state index is 11.7. The minimum Gasteiger partial charge on any atom is -0.426 e. The van der Waals surface area contributed by atoms with Gasteiger partial charge in [-0.3, -0.25) is 15.1 Å². The number of esters is 1. The lowest BCUT2D eigenvalue weighted by atomic mass is 10.1. The molecule has 1 rings (SSSR count). The van der Waals surface area contributed by atoms with Crippen LogP contribution in [0.25, 0.3) is 0 Å². The predicted octanol–water partition coefficient (Wildman–Crippen LogP) is 1.29. The van der Waals surface area contributed by atoms with Gasteiger partial charge >= 0.3 is 12.0 Å². The number of carbonyl (C=O) groups excluding carboxylic acids is 2. The third kappa shape index (κ3) is 3.98. The lowest BCUT2D eigenvalue weighted by molar-refractivity contribution is -0.131. The Balaban J connectivity index is 2.99. The van der Waals surface area contributed by atoms with Gasteiger partial charge in [-0.15, -0.1) is 0 Å². The molecule has 7 heteroatoms. The van der Waals surface area contributed by atoms with Gasteiger partial charge in [-0.1, -0.05) is 6.07 Å². The van der Waals surface area contributed by atoms with Crippen LogP contribution in [-0.2, 0) is 4.79 Å². The second kappa shape index (κ2) is 6.55. The van der Waals surface area contributed by atoms with Crippen molar-refractivity contribution in [1.82, 2.24) is 5.32 Å². The summed E-state index contributed by atoms with van der Waals surface area (Å²) in [6.45, 7) is 4.90. The zero-order valence-corrected chi connectivity index (χ0v) is 11.9. The Morgan fingerprint density at radius 1 is 1.30 bits per heavy atom. The third-order valence-corrected chi connectivity index (χ3v) is 2.60. The molecule has 0 aromatic heterocycles. The van der Waals surface area contributed by atoms with Crippen molar-refractivity contribution in [2.24, 2.45) is 10.7 Å². The molecule has 0 atom stereocenters. The summed E-state index contributed by atoms with van der Waals surface area (Å²) >= 11 is 0.